The first kappa shape index (κ1) is 15.6. The van der Waals surface area contributed by atoms with Crippen molar-refractivity contribution in [3.8, 4) is 11.3 Å². The number of nitrogens with zero attached hydrogens (tertiary/aromatic N) is 1. The van der Waals surface area contributed by atoms with Crippen LogP contribution in [0.3, 0.4) is 0 Å². The van der Waals surface area contributed by atoms with Crippen molar-refractivity contribution in [1.82, 2.24) is 0 Å². The number of fused-ring (bicyclic) bond motifs is 1. The molecule has 118 valence electrons. The SMILES string of the molecule is CN(C)c1cc2oc(-c3ccc(F)cc3)c(C(=O)O)c2cc1Br. The summed E-state index contributed by atoms with van der Waals surface area (Å²) in [5.74, 6) is -1.26. The molecule has 0 aliphatic carbocycles. The lowest BCUT2D eigenvalue weighted by molar-refractivity contribution is 0.0699. The van der Waals surface area contributed by atoms with Crippen LogP contribution in [-0.2, 0) is 0 Å². The number of hydrogen-bond donors (Lipinski definition) is 1. The Morgan fingerprint density at radius 3 is 2.43 bits per heavy atom. The van der Waals surface area contributed by atoms with Crippen molar-refractivity contribution in [1.29, 1.82) is 0 Å². The van der Waals surface area contributed by atoms with E-state index < -0.39 is 5.97 Å². The first-order valence-electron chi connectivity index (χ1n) is 6.81. The molecule has 0 aliphatic heterocycles. The van der Waals surface area contributed by atoms with E-state index in [0.717, 1.165) is 10.2 Å². The van der Waals surface area contributed by atoms with Crippen molar-refractivity contribution in [3.05, 3.63) is 52.3 Å². The van der Waals surface area contributed by atoms with Crippen molar-refractivity contribution in [2.75, 3.05) is 19.0 Å². The Morgan fingerprint density at radius 2 is 1.87 bits per heavy atom. The summed E-state index contributed by atoms with van der Waals surface area (Å²) < 4.78 is 19.7. The molecule has 0 saturated heterocycles. The number of halogens is 2. The third-order valence-electron chi connectivity index (χ3n) is 3.56. The summed E-state index contributed by atoms with van der Waals surface area (Å²) in [5.41, 5.74) is 1.92. The van der Waals surface area contributed by atoms with Crippen LogP contribution in [0.5, 0.6) is 0 Å². The fraction of sp³-hybridized carbons (Fsp3) is 0.118. The molecule has 0 amide bonds. The van der Waals surface area contributed by atoms with E-state index in [1.165, 1.54) is 24.3 Å². The molecular weight excluding hydrogens is 365 g/mol. The Morgan fingerprint density at radius 1 is 1.22 bits per heavy atom. The van der Waals surface area contributed by atoms with Gasteiger partial charge in [-0.2, -0.15) is 0 Å². The molecule has 0 atom stereocenters. The standard InChI is InChI=1S/C17H13BrFNO3/c1-20(2)13-8-14-11(7-12(13)18)15(17(21)22)16(23-14)9-3-5-10(19)6-4-9/h3-8H,1-2H3,(H,21,22). The molecule has 0 radical (unpaired) electrons. The van der Waals surface area contributed by atoms with Crippen LogP contribution in [0.2, 0.25) is 0 Å². The molecule has 1 aromatic heterocycles. The minimum absolute atomic E-state index is 0.0672. The number of anilines is 1. The van der Waals surface area contributed by atoms with Crippen LogP contribution in [-0.4, -0.2) is 25.2 Å². The Balaban J connectivity index is 2.31. The van der Waals surface area contributed by atoms with Gasteiger partial charge in [-0.3, -0.25) is 0 Å². The first-order valence-corrected chi connectivity index (χ1v) is 7.60. The van der Waals surface area contributed by atoms with Crippen LogP contribution in [0.25, 0.3) is 22.3 Å². The monoisotopic (exact) mass is 377 g/mol. The average Bonchev–Trinajstić information content (AvgIpc) is 2.85. The van der Waals surface area contributed by atoms with Gasteiger partial charge < -0.3 is 14.4 Å². The number of rotatable bonds is 3. The highest BCUT2D eigenvalue weighted by Gasteiger charge is 2.23. The van der Waals surface area contributed by atoms with Gasteiger partial charge in [-0.15, -0.1) is 0 Å². The van der Waals surface area contributed by atoms with E-state index >= 15 is 0 Å². The summed E-state index contributed by atoms with van der Waals surface area (Å²) in [6.45, 7) is 0. The molecule has 1 N–H and O–H groups in total. The van der Waals surface area contributed by atoms with E-state index in [4.69, 9.17) is 4.42 Å². The normalized spacial score (nSPS) is 11.0. The highest BCUT2D eigenvalue weighted by Crippen LogP contribution is 2.38. The van der Waals surface area contributed by atoms with Gasteiger partial charge in [0, 0.05) is 35.6 Å². The van der Waals surface area contributed by atoms with Crippen molar-refractivity contribution < 1.29 is 18.7 Å². The van der Waals surface area contributed by atoms with E-state index in [0.29, 0.717) is 16.5 Å². The van der Waals surface area contributed by atoms with Crippen molar-refractivity contribution in [2.24, 2.45) is 0 Å². The lowest BCUT2D eigenvalue weighted by atomic mass is 10.1. The van der Waals surface area contributed by atoms with Crippen LogP contribution in [0.4, 0.5) is 10.1 Å². The molecule has 0 fully saturated rings. The maximum atomic E-state index is 13.1. The zero-order valence-corrected chi connectivity index (χ0v) is 14.0. The van der Waals surface area contributed by atoms with Gasteiger partial charge in [0.1, 0.15) is 22.7 Å². The molecule has 4 nitrogen and oxygen atoms in total. The molecule has 2 aromatic carbocycles. The summed E-state index contributed by atoms with van der Waals surface area (Å²) in [6, 6.07) is 9.05. The molecular formula is C17H13BrFNO3. The highest BCUT2D eigenvalue weighted by molar-refractivity contribution is 9.10. The molecule has 3 rings (SSSR count). The van der Waals surface area contributed by atoms with Gasteiger partial charge in [0.2, 0.25) is 0 Å². The van der Waals surface area contributed by atoms with E-state index in [-0.39, 0.29) is 17.1 Å². The largest absolute Gasteiger partial charge is 0.478 e. The molecule has 0 unspecified atom stereocenters. The zero-order chi connectivity index (χ0) is 16.7. The van der Waals surface area contributed by atoms with Crippen LogP contribution in [0.15, 0.2) is 45.3 Å². The van der Waals surface area contributed by atoms with Gasteiger partial charge in [-0.1, -0.05) is 0 Å². The topological polar surface area (TPSA) is 53.7 Å². The number of furan rings is 1. The van der Waals surface area contributed by atoms with E-state index in [1.807, 2.05) is 19.0 Å². The smallest absolute Gasteiger partial charge is 0.340 e. The molecule has 0 spiro atoms. The third kappa shape index (κ3) is 2.70. The van der Waals surface area contributed by atoms with Gasteiger partial charge in [-0.25, -0.2) is 9.18 Å². The van der Waals surface area contributed by atoms with E-state index in [9.17, 15) is 14.3 Å². The Kier molecular flexibility index (Phi) is 3.85. The average molecular weight is 378 g/mol. The Labute approximate surface area is 140 Å². The van der Waals surface area contributed by atoms with Gasteiger partial charge in [0.25, 0.3) is 0 Å². The lowest BCUT2D eigenvalue weighted by Crippen LogP contribution is -2.09. The van der Waals surface area contributed by atoms with Crippen molar-refractivity contribution in [2.45, 2.75) is 0 Å². The Bertz CT molecular complexity index is 900. The highest BCUT2D eigenvalue weighted by atomic mass is 79.9. The van der Waals surface area contributed by atoms with Crippen LogP contribution >= 0.6 is 15.9 Å². The summed E-state index contributed by atoms with van der Waals surface area (Å²) in [7, 11) is 3.77. The summed E-state index contributed by atoms with van der Waals surface area (Å²) >= 11 is 3.45. The molecule has 6 heteroatoms. The van der Waals surface area contributed by atoms with E-state index in [2.05, 4.69) is 15.9 Å². The summed E-state index contributed by atoms with van der Waals surface area (Å²) in [6.07, 6.45) is 0. The maximum absolute atomic E-state index is 13.1. The summed E-state index contributed by atoms with van der Waals surface area (Å²) in [5, 5.41) is 10.1. The maximum Gasteiger partial charge on any atom is 0.340 e. The number of carboxylic acid groups (broad SMARTS) is 1. The number of aromatic carboxylic acids is 1. The first-order chi connectivity index (χ1) is 10.9. The molecule has 23 heavy (non-hydrogen) atoms. The third-order valence-corrected chi connectivity index (χ3v) is 4.19. The fourth-order valence-electron chi connectivity index (χ4n) is 2.47. The second kappa shape index (κ2) is 5.70. The second-order valence-electron chi connectivity index (χ2n) is 5.31. The predicted molar refractivity (Wildman–Crippen MR) is 90.6 cm³/mol. The fourth-order valence-corrected chi connectivity index (χ4v) is 3.16. The van der Waals surface area contributed by atoms with E-state index in [1.54, 1.807) is 12.1 Å². The van der Waals surface area contributed by atoms with Crippen LogP contribution in [0, 0.1) is 5.82 Å². The van der Waals surface area contributed by atoms with Gasteiger partial charge in [0.05, 0.1) is 5.69 Å². The van der Waals surface area contributed by atoms with Gasteiger partial charge >= 0.3 is 5.97 Å². The molecule has 1 heterocycles. The number of carboxylic acids is 1. The van der Waals surface area contributed by atoms with Crippen LogP contribution < -0.4 is 4.90 Å². The minimum Gasteiger partial charge on any atom is -0.478 e. The molecule has 3 aromatic rings. The quantitative estimate of drug-likeness (QED) is 0.714. The molecule has 0 saturated carbocycles. The zero-order valence-electron chi connectivity index (χ0n) is 12.4. The molecule has 0 aliphatic rings. The van der Waals surface area contributed by atoms with Gasteiger partial charge in [-0.05, 0) is 46.3 Å². The second-order valence-corrected chi connectivity index (χ2v) is 6.17. The predicted octanol–water partition coefficient (Wildman–Crippen LogP) is 4.77. The Hall–Kier alpha value is -2.34. The molecule has 0 bridgehead atoms. The number of carbonyl (C=O) groups is 1. The van der Waals surface area contributed by atoms with Crippen molar-refractivity contribution in [3.63, 3.8) is 0 Å². The minimum atomic E-state index is -1.09. The number of benzene rings is 2. The summed E-state index contributed by atoms with van der Waals surface area (Å²) in [4.78, 5) is 13.6. The van der Waals surface area contributed by atoms with Crippen molar-refractivity contribution >= 4 is 38.6 Å². The number of hydrogen-bond acceptors (Lipinski definition) is 3. The van der Waals surface area contributed by atoms with Gasteiger partial charge in [0.15, 0.2) is 0 Å². The lowest BCUT2D eigenvalue weighted by Gasteiger charge is -2.14. The van der Waals surface area contributed by atoms with Crippen LogP contribution in [0.1, 0.15) is 10.4 Å².